The van der Waals surface area contributed by atoms with Crippen molar-refractivity contribution in [1.29, 1.82) is 0 Å². The van der Waals surface area contributed by atoms with Crippen LogP contribution in [0.5, 0.6) is 0 Å². The lowest BCUT2D eigenvalue weighted by Gasteiger charge is -2.06. The molecule has 6 heteroatoms. The summed E-state index contributed by atoms with van der Waals surface area (Å²) in [6, 6.07) is 0. The maximum Gasteiger partial charge on any atom is 0.339 e. The molecular formula is C12H17N3O3. The molecule has 2 N–H and O–H groups in total. The molecule has 0 saturated heterocycles. The van der Waals surface area contributed by atoms with E-state index in [0.29, 0.717) is 32.0 Å². The van der Waals surface area contributed by atoms with Gasteiger partial charge in [-0.05, 0) is 6.42 Å². The summed E-state index contributed by atoms with van der Waals surface area (Å²) in [5, 5.41) is 12.0. The lowest BCUT2D eigenvalue weighted by atomic mass is 10.2. The number of carbonyl (C=O) groups is 1. The summed E-state index contributed by atoms with van der Waals surface area (Å²) < 4.78 is 5.31. The highest BCUT2D eigenvalue weighted by Gasteiger charge is 2.10. The zero-order chi connectivity index (χ0) is 13.2. The fraction of sp³-hybridized carbons (Fsp3) is 0.417. The van der Waals surface area contributed by atoms with Gasteiger partial charge in [-0.2, -0.15) is 0 Å². The van der Waals surface area contributed by atoms with Crippen LogP contribution in [0.25, 0.3) is 0 Å². The molecule has 0 atom stereocenters. The standard InChI is InChI=1S/C12H17N3O3/c1-2-3-5-18-6-4-13-8-11-10(12(16)17)7-14-9-15-11/h2,7,9,13H,1,3-6,8H2,(H,16,17). The molecule has 0 aliphatic carbocycles. The first-order chi connectivity index (χ1) is 8.75. The topological polar surface area (TPSA) is 84.3 Å². The van der Waals surface area contributed by atoms with E-state index in [-0.39, 0.29) is 5.56 Å². The Morgan fingerprint density at radius 3 is 3.11 bits per heavy atom. The number of aromatic carboxylic acids is 1. The van der Waals surface area contributed by atoms with E-state index in [1.54, 1.807) is 6.08 Å². The molecule has 1 aromatic rings. The third-order valence-corrected chi connectivity index (χ3v) is 2.21. The second-order valence-electron chi connectivity index (χ2n) is 3.55. The van der Waals surface area contributed by atoms with Gasteiger partial charge in [0.1, 0.15) is 11.9 Å². The molecule has 1 heterocycles. The molecule has 0 aliphatic rings. The predicted octanol–water partition coefficient (Wildman–Crippen LogP) is 0.857. The highest BCUT2D eigenvalue weighted by molar-refractivity contribution is 5.88. The summed E-state index contributed by atoms with van der Waals surface area (Å²) in [7, 11) is 0. The average Bonchev–Trinajstić information content (AvgIpc) is 2.38. The van der Waals surface area contributed by atoms with Crippen molar-refractivity contribution in [3.8, 4) is 0 Å². The smallest absolute Gasteiger partial charge is 0.339 e. The predicted molar refractivity (Wildman–Crippen MR) is 66.3 cm³/mol. The first-order valence-corrected chi connectivity index (χ1v) is 5.67. The Hall–Kier alpha value is -1.79. The van der Waals surface area contributed by atoms with Crippen LogP contribution in [0.15, 0.2) is 25.2 Å². The molecule has 1 rings (SSSR count). The zero-order valence-electron chi connectivity index (χ0n) is 10.1. The Morgan fingerprint density at radius 2 is 2.39 bits per heavy atom. The van der Waals surface area contributed by atoms with Crippen LogP contribution in [0.3, 0.4) is 0 Å². The van der Waals surface area contributed by atoms with Gasteiger partial charge in [0.25, 0.3) is 0 Å². The van der Waals surface area contributed by atoms with Crippen LogP contribution in [0.4, 0.5) is 0 Å². The molecule has 0 amide bonds. The molecule has 0 aliphatic heterocycles. The summed E-state index contributed by atoms with van der Waals surface area (Å²) in [6.07, 6.45) is 5.26. The second-order valence-corrected chi connectivity index (χ2v) is 3.55. The van der Waals surface area contributed by atoms with Gasteiger partial charge in [-0.1, -0.05) is 6.08 Å². The Labute approximate surface area is 106 Å². The molecule has 0 unspecified atom stereocenters. The number of aromatic nitrogens is 2. The molecule has 0 radical (unpaired) electrons. The number of carboxylic acids is 1. The third kappa shape index (κ3) is 5.03. The van der Waals surface area contributed by atoms with E-state index >= 15 is 0 Å². The van der Waals surface area contributed by atoms with Crippen molar-refractivity contribution in [2.24, 2.45) is 0 Å². The van der Waals surface area contributed by atoms with Crippen LogP contribution in [-0.2, 0) is 11.3 Å². The largest absolute Gasteiger partial charge is 0.478 e. The lowest BCUT2D eigenvalue weighted by molar-refractivity contribution is 0.0694. The average molecular weight is 251 g/mol. The van der Waals surface area contributed by atoms with E-state index < -0.39 is 5.97 Å². The fourth-order valence-corrected chi connectivity index (χ4v) is 1.29. The Morgan fingerprint density at radius 1 is 1.56 bits per heavy atom. The normalized spacial score (nSPS) is 10.2. The minimum absolute atomic E-state index is 0.123. The summed E-state index contributed by atoms with van der Waals surface area (Å²) in [4.78, 5) is 18.5. The van der Waals surface area contributed by atoms with E-state index in [0.717, 1.165) is 6.42 Å². The lowest BCUT2D eigenvalue weighted by Crippen LogP contribution is -2.21. The van der Waals surface area contributed by atoms with Crippen LogP contribution < -0.4 is 5.32 Å². The number of nitrogens with one attached hydrogen (secondary N) is 1. The van der Waals surface area contributed by atoms with Crippen molar-refractivity contribution < 1.29 is 14.6 Å². The summed E-state index contributed by atoms with van der Waals surface area (Å²) in [5.41, 5.74) is 0.598. The van der Waals surface area contributed by atoms with E-state index in [1.807, 2.05) is 0 Å². The monoisotopic (exact) mass is 251 g/mol. The molecule has 98 valence electrons. The molecule has 18 heavy (non-hydrogen) atoms. The van der Waals surface area contributed by atoms with E-state index in [4.69, 9.17) is 9.84 Å². The fourth-order valence-electron chi connectivity index (χ4n) is 1.29. The Balaban J connectivity index is 2.27. The van der Waals surface area contributed by atoms with Gasteiger partial charge in [0.2, 0.25) is 0 Å². The van der Waals surface area contributed by atoms with Crippen molar-refractivity contribution in [1.82, 2.24) is 15.3 Å². The molecule has 0 spiro atoms. The molecule has 6 nitrogen and oxygen atoms in total. The van der Waals surface area contributed by atoms with Gasteiger partial charge in [-0.3, -0.25) is 0 Å². The van der Waals surface area contributed by atoms with Gasteiger partial charge < -0.3 is 15.2 Å². The molecule has 0 aromatic carbocycles. The van der Waals surface area contributed by atoms with Crippen LogP contribution in [0.1, 0.15) is 22.5 Å². The highest BCUT2D eigenvalue weighted by Crippen LogP contribution is 2.02. The van der Waals surface area contributed by atoms with Crippen molar-refractivity contribution >= 4 is 5.97 Å². The number of carboxylic acid groups (broad SMARTS) is 1. The second kappa shape index (κ2) is 8.32. The van der Waals surface area contributed by atoms with Gasteiger partial charge >= 0.3 is 5.97 Å². The summed E-state index contributed by atoms with van der Waals surface area (Å²) in [5.74, 6) is -1.02. The first-order valence-electron chi connectivity index (χ1n) is 5.67. The van der Waals surface area contributed by atoms with Crippen LogP contribution in [0.2, 0.25) is 0 Å². The van der Waals surface area contributed by atoms with Crippen LogP contribution in [-0.4, -0.2) is 40.8 Å². The van der Waals surface area contributed by atoms with Crippen molar-refractivity contribution in [2.75, 3.05) is 19.8 Å². The first kappa shape index (κ1) is 14.3. The van der Waals surface area contributed by atoms with Gasteiger partial charge in [0, 0.05) is 19.3 Å². The molecule has 0 bridgehead atoms. The minimum atomic E-state index is -1.02. The zero-order valence-corrected chi connectivity index (χ0v) is 10.1. The molecule has 0 saturated carbocycles. The quantitative estimate of drug-likeness (QED) is 0.500. The number of hydrogen-bond acceptors (Lipinski definition) is 5. The van der Waals surface area contributed by atoms with Gasteiger partial charge in [-0.15, -0.1) is 6.58 Å². The maximum absolute atomic E-state index is 10.9. The SMILES string of the molecule is C=CCCOCCNCc1ncncc1C(=O)O. The van der Waals surface area contributed by atoms with E-state index in [2.05, 4.69) is 21.9 Å². The van der Waals surface area contributed by atoms with Crippen molar-refractivity contribution in [3.63, 3.8) is 0 Å². The van der Waals surface area contributed by atoms with E-state index in [1.165, 1.54) is 12.5 Å². The number of rotatable bonds is 9. The molecule has 0 fully saturated rings. The Kier molecular flexibility index (Phi) is 6.60. The van der Waals surface area contributed by atoms with Crippen molar-refractivity contribution in [2.45, 2.75) is 13.0 Å². The number of ether oxygens (including phenoxy) is 1. The highest BCUT2D eigenvalue weighted by atomic mass is 16.5. The molecular weight excluding hydrogens is 234 g/mol. The van der Waals surface area contributed by atoms with Crippen LogP contribution >= 0.6 is 0 Å². The maximum atomic E-state index is 10.9. The Bertz CT molecular complexity index is 396. The van der Waals surface area contributed by atoms with Gasteiger partial charge in [0.05, 0.1) is 18.9 Å². The van der Waals surface area contributed by atoms with Crippen LogP contribution in [0, 0.1) is 0 Å². The number of nitrogens with zero attached hydrogens (tertiary/aromatic N) is 2. The van der Waals surface area contributed by atoms with Gasteiger partial charge in [0.15, 0.2) is 0 Å². The minimum Gasteiger partial charge on any atom is -0.478 e. The number of hydrogen-bond donors (Lipinski definition) is 2. The van der Waals surface area contributed by atoms with Crippen molar-refractivity contribution in [3.05, 3.63) is 36.4 Å². The summed E-state index contributed by atoms with van der Waals surface area (Å²) >= 11 is 0. The summed E-state index contributed by atoms with van der Waals surface area (Å²) in [6.45, 7) is 5.84. The third-order valence-electron chi connectivity index (χ3n) is 2.21. The molecule has 1 aromatic heterocycles. The van der Waals surface area contributed by atoms with Gasteiger partial charge in [-0.25, -0.2) is 14.8 Å². The van der Waals surface area contributed by atoms with E-state index in [9.17, 15) is 4.79 Å².